The van der Waals surface area contributed by atoms with Crippen LogP contribution in [-0.4, -0.2) is 54.6 Å². The summed E-state index contributed by atoms with van der Waals surface area (Å²) in [6.07, 6.45) is 1.78. The summed E-state index contributed by atoms with van der Waals surface area (Å²) in [6, 6.07) is -0.629. The largest absolute Gasteiger partial charge is 0.377 e. The molecule has 2 fully saturated rings. The second-order valence-electron chi connectivity index (χ2n) is 4.85. The molecule has 2 atom stereocenters. The predicted octanol–water partition coefficient (Wildman–Crippen LogP) is -1.16. The molecule has 6 nitrogen and oxygen atoms in total. The average molecular weight is 241 g/mol. The number of ether oxygens (including phenoxy) is 1. The summed E-state index contributed by atoms with van der Waals surface area (Å²) in [5.41, 5.74) is 4.75. The van der Waals surface area contributed by atoms with Crippen molar-refractivity contribution >= 4 is 11.8 Å². The molecule has 0 aromatic rings. The van der Waals surface area contributed by atoms with Crippen molar-refractivity contribution in [1.82, 2.24) is 10.2 Å². The van der Waals surface area contributed by atoms with Gasteiger partial charge in [-0.1, -0.05) is 0 Å². The van der Waals surface area contributed by atoms with Crippen LogP contribution in [0.4, 0.5) is 0 Å². The first kappa shape index (κ1) is 12.3. The van der Waals surface area contributed by atoms with Crippen LogP contribution in [0.3, 0.4) is 0 Å². The van der Waals surface area contributed by atoms with Gasteiger partial charge >= 0.3 is 0 Å². The summed E-state index contributed by atoms with van der Waals surface area (Å²) in [6.45, 7) is 3.83. The smallest absolute Gasteiger partial charge is 0.243 e. The molecule has 2 aliphatic heterocycles. The fraction of sp³-hybridized carbons (Fsp3) is 0.818. The van der Waals surface area contributed by atoms with Crippen LogP contribution in [0.25, 0.3) is 0 Å². The Morgan fingerprint density at radius 3 is 2.88 bits per heavy atom. The van der Waals surface area contributed by atoms with Gasteiger partial charge in [-0.05, 0) is 26.3 Å². The number of nitrogens with zero attached hydrogens (tertiary/aromatic N) is 1. The van der Waals surface area contributed by atoms with E-state index in [-0.39, 0.29) is 12.5 Å². The molecule has 2 saturated heterocycles. The Morgan fingerprint density at radius 2 is 2.29 bits per heavy atom. The normalized spacial score (nSPS) is 33.7. The SMILES string of the molecule is CC1(C(=O)N2CCOCC2C(N)=O)CCCN1. The molecule has 0 aromatic heterocycles. The molecule has 6 heteroatoms. The molecule has 0 aromatic carbocycles. The highest BCUT2D eigenvalue weighted by molar-refractivity contribution is 5.91. The Hall–Kier alpha value is -1.14. The first-order valence-electron chi connectivity index (χ1n) is 5.98. The van der Waals surface area contributed by atoms with Crippen LogP contribution in [0.15, 0.2) is 0 Å². The van der Waals surface area contributed by atoms with E-state index in [0.717, 1.165) is 19.4 Å². The van der Waals surface area contributed by atoms with Gasteiger partial charge in [-0.2, -0.15) is 0 Å². The Morgan fingerprint density at radius 1 is 1.53 bits per heavy atom. The van der Waals surface area contributed by atoms with E-state index in [4.69, 9.17) is 10.5 Å². The van der Waals surface area contributed by atoms with Crippen LogP contribution in [0.1, 0.15) is 19.8 Å². The molecule has 0 spiro atoms. The van der Waals surface area contributed by atoms with E-state index < -0.39 is 17.5 Å². The van der Waals surface area contributed by atoms with E-state index in [9.17, 15) is 9.59 Å². The lowest BCUT2D eigenvalue weighted by atomic mass is 9.97. The van der Waals surface area contributed by atoms with Gasteiger partial charge in [-0.3, -0.25) is 9.59 Å². The molecule has 0 saturated carbocycles. The molecular formula is C11H19N3O3. The number of hydrogen-bond donors (Lipinski definition) is 2. The minimum Gasteiger partial charge on any atom is -0.377 e. The zero-order valence-electron chi connectivity index (χ0n) is 10.1. The quantitative estimate of drug-likeness (QED) is 0.639. The number of amides is 2. The molecule has 3 N–H and O–H groups in total. The maximum atomic E-state index is 12.4. The van der Waals surface area contributed by atoms with Crippen molar-refractivity contribution in [3.05, 3.63) is 0 Å². The summed E-state index contributed by atoms with van der Waals surface area (Å²) in [5, 5.41) is 3.21. The van der Waals surface area contributed by atoms with Crippen LogP contribution in [0.2, 0.25) is 0 Å². The highest BCUT2D eigenvalue weighted by Gasteiger charge is 2.43. The monoisotopic (exact) mass is 241 g/mol. The zero-order valence-corrected chi connectivity index (χ0v) is 10.1. The number of morpholine rings is 1. The van der Waals surface area contributed by atoms with Gasteiger partial charge in [0.2, 0.25) is 11.8 Å². The molecule has 2 rings (SSSR count). The van der Waals surface area contributed by atoms with E-state index >= 15 is 0 Å². The van der Waals surface area contributed by atoms with Crippen LogP contribution in [0, 0.1) is 0 Å². The van der Waals surface area contributed by atoms with Gasteiger partial charge in [-0.25, -0.2) is 0 Å². The second kappa shape index (κ2) is 4.62. The Kier molecular flexibility index (Phi) is 3.35. The van der Waals surface area contributed by atoms with Crippen molar-refractivity contribution in [1.29, 1.82) is 0 Å². The predicted molar refractivity (Wildman–Crippen MR) is 61.2 cm³/mol. The van der Waals surface area contributed by atoms with Crippen LogP contribution in [0.5, 0.6) is 0 Å². The van der Waals surface area contributed by atoms with E-state index in [1.165, 1.54) is 0 Å². The maximum absolute atomic E-state index is 12.4. The molecule has 2 unspecified atom stereocenters. The average Bonchev–Trinajstić information content (AvgIpc) is 2.76. The Labute approximate surface area is 100 Å². The van der Waals surface area contributed by atoms with Gasteiger partial charge < -0.3 is 20.7 Å². The lowest BCUT2D eigenvalue weighted by Gasteiger charge is -2.38. The van der Waals surface area contributed by atoms with Gasteiger partial charge in [0.25, 0.3) is 0 Å². The van der Waals surface area contributed by atoms with Crippen molar-refractivity contribution < 1.29 is 14.3 Å². The molecule has 2 amide bonds. The van der Waals surface area contributed by atoms with Crippen LogP contribution >= 0.6 is 0 Å². The van der Waals surface area contributed by atoms with Crippen molar-refractivity contribution in [3.63, 3.8) is 0 Å². The van der Waals surface area contributed by atoms with E-state index in [2.05, 4.69) is 5.32 Å². The molecule has 2 aliphatic rings. The van der Waals surface area contributed by atoms with Crippen LogP contribution < -0.4 is 11.1 Å². The third-order valence-electron chi connectivity index (χ3n) is 3.56. The van der Waals surface area contributed by atoms with Crippen molar-refractivity contribution in [2.45, 2.75) is 31.3 Å². The standard InChI is InChI=1S/C11H19N3O3/c1-11(3-2-4-13-11)10(16)14-5-6-17-7-8(14)9(12)15/h8,13H,2-7H2,1H3,(H2,12,15). The molecule has 2 heterocycles. The summed E-state index contributed by atoms with van der Waals surface area (Å²) in [4.78, 5) is 25.3. The number of carbonyl (C=O) groups excluding carboxylic acids is 2. The second-order valence-corrected chi connectivity index (χ2v) is 4.85. The lowest BCUT2D eigenvalue weighted by molar-refractivity contribution is -0.151. The van der Waals surface area contributed by atoms with Crippen molar-refractivity contribution in [3.8, 4) is 0 Å². The fourth-order valence-electron chi connectivity index (χ4n) is 2.48. The summed E-state index contributed by atoms with van der Waals surface area (Å²) < 4.78 is 5.20. The fourth-order valence-corrected chi connectivity index (χ4v) is 2.48. The first-order chi connectivity index (χ1) is 8.04. The van der Waals surface area contributed by atoms with Crippen molar-refractivity contribution in [2.75, 3.05) is 26.3 Å². The topological polar surface area (TPSA) is 84.7 Å². The molecule has 17 heavy (non-hydrogen) atoms. The molecule has 0 radical (unpaired) electrons. The minimum absolute atomic E-state index is 0.0397. The van der Waals surface area contributed by atoms with Gasteiger partial charge in [-0.15, -0.1) is 0 Å². The highest BCUT2D eigenvalue weighted by Crippen LogP contribution is 2.23. The lowest BCUT2D eigenvalue weighted by Crippen LogP contribution is -2.62. The third-order valence-corrected chi connectivity index (χ3v) is 3.56. The summed E-state index contributed by atoms with van der Waals surface area (Å²) >= 11 is 0. The number of hydrogen-bond acceptors (Lipinski definition) is 4. The molecular weight excluding hydrogens is 222 g/mol. The summed E-state index contributed by atoms with van der Waals surface area (Å²) in [5.74, 6) is -0.540. The number of primary amides is 1. The number of nitrogens with two attached hydrogens (primary N) is 1. The molecule has 0 bridgehead atoms. The van der Waals surface area contributed by atoms with Crippen molar-refractivity contribution in [2.24, 2.45) is 5.73 Å². The third kappa shape index (κ3) is 2.28. The zero-order chi connectivity index (χ0) is 12.5. The minimum atomic E-state index is -0.629. The molecule has 96 valence electrons. The molecule has 0 aliphatic carbocycles. The summed E-state index contributed by atoms with van der Waals surface area (Å²) in [7, 11) is 0. The van der Waals surface area contributed by atoms with Gasteiger partial charge in [0, 0.05) is 6.54 Å². The Bertz CT molecular complexity index is 326. The van der Waals surface area contributed by atoms with E-state index in [1.807, 2.05) is 6.92 Å². The van der Waals surface area contributed by atoms with Gasteiger partial charge in [0.1, 0.15) is 6.04 Å². The number of rotatable bonds is 2. The van der Waals surface area contributed by atoms with Gasteiger partial charge in [0.15, 0.2) is 0 Å². The number of carbonyl (C=O) groups is 2. The Balaban J connectivity index is 2.13. The number of nitrogens with one attached hydrogen (secondary N) is 1. The first-order valence-corrected chi connectivity index (χ1v) is 5.98. The van der Waals surface area contributed by atoms with Crippen LogP contribution in [-0.2, 0) is 14.3 Å². The van der Waals surface area contributed by atoms with E-state index in [0.29, 0.717) is 13.2 Å². The van der Waals surface area contributed by atoms with E-state index in [1.54, 1.807) is 4.90 Å². The maximum Gasteiger partial charge on any atom is 0.243 e. The van der Waals surface area contributed by atoms with Gasteiger partial charge in [0.05, 0.1) is 18.8 Å². The highest BCUT2D eigenvalue weighted by atomic mass is 16.5.